The number of aryl methyl sites for hydroxylation is 2. The van der Waals surface area contributed by atoms with Gasteiger partial charge in [-0.15, -0.1) is 0 Å². The summed E-state index contributed by atoms with van der Waals surface area (Å²) in [4.78, 5) is 34.9. The topological polar surface area (TPSA) is 105 Å². The number of piperidine rings is 1. The maximum Gasteiger partial charge on any atom is 0.282 e. The zero-order valence-corrected chi connectivity index (χ0v) is 38.2. The van der Waals surface area contributed by atoms with Crippen LogP contribution in [0.15, 0.2) is 53.3 Å². The highest BCUT2D eigenvalue weighted by Crippen LogP contribution is 2.31. The van der Waals surface area contributed by atoms with Crippen LogP contribution < -0.4 is 10.9 Å². The van der Waals surface area contributed by atoms with Gasteiger partial charge in [0.05, 0.1) is 17.8 Å². The highest BCUT2D eigenvalue weighted by atomic mass is 16.3. The first-order chi connectivity index (χ1) is 29.8. The van der Waals surface area contributed by atoms with Crippen molar-refractivity contribution in [2.45, 2.75) is 199 Å². The van der Waals surface area contributed by atoms with Crippen molar-refractivity contribution in [1.29, 1.82) is 0 Å². The Morgan fingerprint density at radius 2 is 1.31 bits per heavy atom. The van der Waals surface area contributed by atoms with Crippen molar-refractivity contribution in [2.24, 2.45) is 7.05 Å². The molecule has 334 valence electrons. The molecule has 9 heteroatoms. The second kappa shape index (κ2) is 24.1. The summed E-state index contributed by atoms with van der Waals surface area (Å²) < 4.78 is 3.51. The number of likely N-dealkylation sites (tertiary alicyclic amines) is 1. The Morgan fingerprint density at radius 1 is 0.754 bits per heavy atom. The number of nitrogens with zero attached hydrogens (tertiary/aromatic N) is 5. The number of benzene rings is 2. The number of hydrogen-bond donors (Lipinski definition) is 2. The lowest BCUT2D eigenvalue weighted by Gasteiger charge is -2.39. The predicted molar refractivity (Wildman–Crippen MR) is 251 cm³/mol. The molecule has 0 unspecified atom stereocenters. The van der Waals surface area contributed by atoms with Gasteiger partial charge in [0.2, 0.25) is 5.91 Å². The van der Waals surface area contributed by atoms with Gasteiger partial charge < -0.3 is 15.3 Å². The van der Waals surface area contributed by atoms with E-state index in [1.54, 1.807) is 9.25 Å². The van der Waals surface area contributed by atoms with Crippen LogP contribution in [0.2, 0.25) is 0 Å². The van der Waals surface area contributed by atoms with Crippen LogP contribution in [-0.4, -0.2) is 53.9 Å². The summed E-state index contributed by atoms with van der Waals surface area (Å²) in [6.07, 6.45) is 28.7. The van der Waals surface area contributed by atoms with Crippen LogP contribution in [0.4, 0.5) is 0 Å². The zero-order chi connectivity index (χ0) is 42.9. The van der Waals surface area contributed by atoms with Gasteiger partial charge in [-0.1, -0.05) is 178 Å². The van der Waals surface area contributed by atoms with Gasteiger partial charge in [0, 0.05) is 51.6 Å². The number of carbonyl (C=O) groups excluding carboxylic acids is 1. The molecule has 4 heterocycles. The Bertz CT molecular complexity index is 2000. The number of carbonyl (C=O) groups is 1. The molecule has 2 aromatic carbocycles. The molecule has 4 aromatic rings. The Balaban J connectivity index is 0.998. The minimum absolute atomic E-state index is 0.113. The van der Waals surface area contributed by atoms with Crippen molar-refractivity contribution in [3.8, 4) is 11.3 Å². The van der Waals surface area contributed by atoms with Gasteiger partial charge in [0.1, 0.15) is 11.3 Å². The van der Waals surface area contributed by atoms with Gasteiger partial charge in [-0.3, -0.25) is 18.8 Å². The molecule has 0 spiro atoms. The molecular weight excluding hydrogens is 757 g/mol. The predicted octanol–water partition coefficient (Wildman–Crippen LogP) is 11.3. The summed E-state index contributed by atoms with van der Waals surface area (Å²) in [6, 6.07) is 16.7. The van der Waals surface area contributed by atoms with Crippen molar-refractivity contribution in [3.63, 3.8) is 0 Å². The highest BCUT2D eigenvalue weighted by molar-refractivity contribution is 5.89. The Morgan fingerprint density at radius 3 is 1.90 bits per heavy atom. The summed E-state index contributed by atoms with van der Waals surface area (Å²) in [7, 11) is 1.89. The highest BCUT2D eigenvalue weighted by Gasteiger charge is 2.36. The molecule has 1 fully saturated rings. The number of hydrogen-bond acceptors (Lipinski definition) is 6. The van der Waals surface area contributed by atoms with Crippen LogP contribution in [0.25, 0.3) is 22.3 Å². The molecule has 0 bridgehead atoms. The summed E-state index contributed by atoms with van der Waals surface area (Å²) in [5.74, 6) is 0.960. The van der Waals surface area contributed by atoms with Gasteiger partial charge in [0.25, 0.3) is 5.56 Å². The molecule has 2 aliphatic rings. The molecule has 6 rings (SSSR count). The number of unbranched alkanes of at least 4 members (excludes halogenated alkanes) is 19. The lowest BCUT2D eigenvalue weighted by Crippen LogP contribution is -2.50. The molecule has 2 N–H and O–H groups in total. The molecule has 9 nitrogen and oxygen atoms in total. The SMILES string of the molecule is CCCCCCCCCCCCCCCCCCCCCCc1nc2c(-c3ccc4c(c3)CNC4)n(C)nc2c(=O)n1CC1(O)CCN(C(=O)C[C@@H](C)c2ccccc2)CC1. The third kappa shape index (κ3) is 13.6. The van der Waals surface area contributed by atoms with E-state index in [4.69, 9.17) is 10.1 Å². The van der Waals surface area contributed by atoms with Crippen LogP contribution in [0, 0.1) is 0 Å². The quantitative estimate of drug-likeness (QED) is 0.0580. The fourth-order valence-corrected chi connectivity index (χ4v) is 9.77. The average molecular weight is 835 g/mol. The molecule has 2 aliphatic heterocycles. The molecule has 1 saturated heterocycles. The first kappa shape index (κ1) is 46.7. The van der Waals surface area contributed by atoms with E-state index in [1.165, 1.54) is 127 Å². The number of nitrogens with one attached hydrogen (secondary N) is 1. The van der Waals surface area contributed by atoms with E-state index in [0.717, 1.165) is 48.6 Å². The number of aliphatic hydroxyl groups is 1. The number of amides is 1. The summed E-state index contributed by atoms with van der Waals surface area (Å²) in [5.41, 5.74) is 5.27. The van der Waals surface area contributed by atoms with Crippen molar-refractivity contribution in [2.75, 3.05) is 13.1 Å². The second-order valence-electron chi connectivity index (χ2n) is 18.8. The van der Waals surface area contributed by atoms with E-state index in [1.807, 2.05) is 30.1 Å². The van der Waals surface area contributed by atoms with Gasteiger partial charge in [0.15, 0.2) is 5.52 Å². The van der Waals surface area contributed by atoms with Crippen LogP contribution in [-0.2, 0) is 37.9 Å². The van der Waals surface area contributed by atoms with E-state index in [-0.39, 0.29) is 23.9 Å². The lowest BCUT2D eigenvalue weighted by atomic mass is 9.90. The lowest BCUT2D eigenvalue weighted by molar-refractivity contribution is -0.136. The van der Waals surface area contributed by atoms with Crippen molar-refractivity contribution in [3.05, 3.63) is 81.4 Å². The summed E-state index contributed by atoms with van der Waals surface area (Å²) >= 11 is 0. The van der Waals surface area contributed by atoms with Crippen LogP contribution in [0.5, 0.6) is 0 Å². The number of rotatable bonds is 27. The van der Waals surface area contributed by atoms with Gasteiger partial charge >= 0.3 is 0 Å². The van der Waals surface area contributed by atoms with E-state index in [2.05, 4.69) is 49.5 Å². The molecule has 61 heavy (non-hydrogen) atoms. The molecule has 0 aliphatic carbocycles. The van der Waals surface area contributed by atoms with Crippen molar-refractivity contribution < 1.29 is 9.90 Å². The Labute approximate surface area is 367 Å². The minimum Gasteiger partial charge on any atom is -0.388 e. The average Bonchev–Trinajstić information content (AvgIpc) is 3.88. The second-order valence-corrected chi connectivity index (χ2v) is 18.8. The molecule has 2 aromatic heterocycles. The van der Waals surface area contributed by atoms with Gasteiger partial charge in [-0.05, 0) is 47.9 Å². The van der Waals surface area contributed by atoms with Gasteiger partial charge in [-0.25, -0.2) is 4.98 Å². The molecule has 0 saturated carbocycles. The molecule has 1 amide bonds. The smallest absolute Gasteiger partial charge is 0.282 e. The Kier molecular flexibility index (Phi) is 18.5. The first-order valence-corrected chi connectivity index (χ1v) is 24.6. The van der Waals surface area contributed by atoms with Crippen molar-refractivity contribution >= 4 is 16.9 Å². The van der Waals surface area contributed by atoms with Gasteiger partial charge in [-0.2, -0.15) is 5.10 Å². The standard InChI is InChI=1S/C52H78N6O3/c1-4-5-6-7-8-9-10-11-12-13-14-15-16-17-18-19-20-21-22-26-29-46-54-48-49(55-56(3)50(48)43-30-31-44-38-53-39-45(44)37-43)51(60)58(46)40-52(61)32-34-57(35-33-52)47(59)36-41(2)42-27-24-23-25-28-42/h23-25,27-28,30-31,37,41,53,61H,4-22,26,29,32-36,38-40H2,1-3H3/t41-/m1/s1. The summed E-state index contributed by atoms with van der Waals surface area (Å²) in [5, 5.41) is 20.2. The Hall–Kier alpha value is -3.82. The maximum absolute atomic E-state index is 14.4. The van der Waals surface area contributed by atoms with Crippen molar-refractivity contribution in [1.82, 2.24) is 29.5 Å². The third-order valence-corrected chi connectivity index (χ3v) is 13.7. The normalized spacial score (nSPS) is 15.4. The van der Waals surface area contributed by atoms with Crippen LogP contribution in [0.3, 0.4) is 0 Å². The third-order valence-electron chi connectivity index (χ3n) is 13.7. The molecule has 1 atom stereocenters. The monoisotopic (exact) mass is 835 g/mol. The maximum atomic E-state index is 14.4. The molecular formula is C52H78N6O3. The largest absolute Gasteiger partial charge is 0.388 e. The van der Waals surface area contributed by atoms with Crippen LogP contribution in [0.1, 0.15) is 190 Å². The summed E-state index contributed by atoms with van der Waals surface area (Å²) in [6.45, 7) is 7.18. The van der Waals surface area contributed by atoms with Crippen LogP contribution >= 0.6 is 0 Å². The number of aromatic nitrogens is 4. The number of fused-ring (bicyclic) bond motifs is 2. The van der Waals surface area contributed by atoms with E-state index in [0.29, 0.717) is 49.8 Å². The first-order valence-electron chi connectivity index (χ1n) is 24.6. The fourth-order valence-electron chi connectivity index (χ4n) is 9.77. The van der Waals surface area contributed by atoms with E-state index < -0.39 is 5.60 Å². The fraction of sp³-hybridized carbons (Fsp3) is 0.654. The molecule has 0 radical (unpaired) electrons. The van der Waals surface area contributed by atoms with E-state index >= 15 is 0 Å². The van der Waals surface area contributed by atoms with E-state index in [9.17, 15) is 14.7 Å². The zero-order valence-electron chi connectivity index (χ0n) is 38.2. The minimum atomic E-state index is -1.12.